The van der Waals surface area contributed by atoms with Crippen molar-refractivity contribution in [3.8, 4) is 0 Å². The maximum Gasteiger partial charge on any atom is 0.232 e. The molecule has 108 valence electrons. The van der Waals surface area contributed by atoms with E-state index in [-0.39, 0.29) is 0 Å². The first-order chi connectivity index (χ1) is 9.79. The largest absolute Gasteiger partial charge is 0.368 e. The Balaban J connectivity index is 1.61. The predicted octanol–water partition coefficient (Wildman–Crippen LogP) is 1.43. The molecule has 3 fully saturated rings. The molecule has 1 saturated heterocycles. The fraction of sp³-hybridized carbons (Fsp3) is 0.786. The first-order valence-corrected chi connectivity index (χ1v) is 7.83. The fourth-order valence-corrected chi connectivity index (χ4v) is 2.92. The van der Waals surface area contributed by atoms with Gasteiger partial charge in [0.2, 0.25) is 17.8 Å². The molecule has 1 aliphatic heterocycles. The Kier molecular flexibility index (Phi) is 2.89. The van der Waals surface area contributed by atoms with E-state index in [0.29, 0.717) is 12.0 Å². The number of nitrogens with two attached hydrogens (primary N) is 1. The van der Waals surface area contributed by atoms with Gasteiger partial charge in [0.25, 0.3) is 0 Å². The summed E-state index contributed by atoms with van der Waals surface area (Å²) in [6.07, 6.45) is 7.66. The van der Waals surface area contributed by atoms with Gasteiger partial charge in [-0.3, -0.25) is 0 Å². The van der Waals surface area contributed by atoms with Crippen molar-refractivity contribution in [1.82, 2.24) is 15.0 Å². The fourth-order valence-electron chi connectivity index (χ4n) is 2.92. The van der Waals surface area contributed by atoms with Crippen molar-refractivity contribution in [3.63, 3.8) is 0 Å². The molecule has 0 amide bonds. The van der Waals surface area contributed by atoms with E-state index in [1.54, 1.807) is 0 Å². The smallest absolute Gasteiger partial charge is 0.232 e. The number of nitrogen functional groups attached to an aromatic ring is 1. The third-order valence-electron chi connectivity index (χ3n) is 4.41. The number of rotatable bonds is 5. The normalized spacial score (nSPS) is 22.3. The van der Waals surface area contributed by atoms with Crippen molar-refractivity contribution in [2.24, 2.45) is 5.92 Å². The van der Waals surface area contributed by atoms with Crippen LogP contribution in [0, 0.1) is 5.92 Å². The minimum absolute atomic E-state index is 0.360. The SMILES string of the molecule is Nc1nc(N2CCCC2)nc(N(CC2CC2)C2CC2)n1. The highest BCUT2D eigenvalue weighted by molar-refractivity contribution is 5.45. The van der Waals surface area contributed by atoms with Crippen LogP contribution < -0.4 is 15.5 Å². The average molecular weight is 274 g/mol. The topological polar surface area (TPSA) is 71.2 Å². The highest BCUT2D eigenvalue weighted by atomic mass is 15.4. The van der Waals surface area contributed by atoms with Crippen molar-refractivity contribution < 1.29 is 0 Å². The molecule has 2 heterocycles. The van der Waals surface area contributed by atoms with E-state index < -0.39 is 0 Å². The Morgan fingerprint density at radius 2 is 1.80 bits per heavy atom. The van der Waals surface area contributed by atoms with Crippen LogP contribution in [0.5, 0.6) is 0 Å². The van der Waals surface area contributed by atoms with Crippen molar-refractivity contribution in [2.75, 3.05) is 35.2 Å². The first-order valence-electron chi connectivity index (χ1n) is 7.83. The number of anilines is 3. The standard InChI is InChI=1S/C14H22N6/c15-12-16-13(19-7-1-2-8-19)18-14(17-12)20(11-5-6-11)9-10-3-4-10/h10-11H,1-9H2,(H2,15,16,17,18). The van der Waals surface area contributed by atoms with Gasteiger partial charge in [-0.2, -0.15) is 15.0 Å². The maximum absolute atomic E-state index is 5.92. The molecule has 0 spiro atoms. The van der Waals surface area contributed by atoms with E-state index in [0.717, 1.165) is 37.4 Å². The molecule has 1 aromatic heterocycles. The van der Waals surface area contributed by atoms with Crippen LogP contribution in [0.3, 0.4) is 0 Å². The lowest BCUT2D eigenvalue weighted by Crippen LogP contribution is -2.31. The predicted molar refractivity (Wildman–Crippen MR) is 78.8 cm³/mol. The minimum atomic E-state index is 0.360. The van der Waals surface area contributed by atoms with Crippen molar-refractivity contribution in [2.45, 2.75) is 44.6 Å². The molecule has 20 heavy (non-hydrogen) atoms. The minimum Gasteiger partial charge on any atom is -0.368 e. The summed E-state index contributed by atoms with van der Waals surface area (Å²) in [6.45, 7) is 3.16. The number of aromatic nitrogens is 3. The quantitative estimate of drug-likeness (QED) is 0.876. The molecule has 0 atom stereocenters. The molecule has 6 heteroatoms. The molecule has 2 aliphatic carbocycles. The van der Waals surface area contributed by atoms with Gasteiger partial charge in [0.15, 0.2) is 0 Å². The molecule has 0 aromatic carbocycles. The van der Waals surface area contributed by atoms with E-state index in [2.05, 4.69) is 19.8 Å². The summed E-state index contributed by atoms with van der Waals surface area (Å²) in [4.78, 5) is 18.0. The molecule has 3 aliphatic rings. The van der Waals surface area contributed by atoms with Crippen molar-refractivity contribution >= 4 is 17.8 Å². The van der Waals surface area contributed by atoms with Crippen LogP contribution in [0.4, 0.5) is 17.8 Å². The molecule has 0 unspecified atom stereocenters. The summed E-state index contributed by atoms with van der Waals surface area (Å²) in [6, 6.07) is 0.629. The van der Waals surface area contributed by atoms with E-state index in [1.165, 1.54) is 38.5 Å². The van der Waals surface area contributed by atoms with E-state index >= 15 is 0 Å². The molecule has 1 aromatic rings. The second-order valence-electron chi connectivity index (χ2n) is 6.31. The number of hydrogen-bond acceptors (Lipinski definition) is 6. The zero-order chi connectivity index (χ0) is 13.5. The van der Waals surface area contributed by atoms with Crippen LogP contribution in [-0.2, 0) is 0 Å². The first kappa shape index (κ1) is 12.2. The zero-order valence-electron chi connectivity index (χ0n) is 11.8. The lowest BCUT2D eigenvalue weighted by molar-refractivity contribution is 0.692. The van der Waals surface area contributed by atoms with Crippen LogP contribution in [0.1, 0.15) is 38.5 Å². The average Bonchev–Trinajstić information content (AvgIpc) is 3.35. The molecular formula is C14H22N6. The summed E-state index contributed by atoms with van der Waals surface area (Å²) < 4.78 is 0. The molecule has 0 radical (unpaired) electrons. The van der Waals surface area contributed by atoms with E-state index in [4.69, 9.17) is 10.7 Å². The van der Waals surface area contributed by atoms with Crippen LogP contribution in [0.2, 0.25) is 0 Å². The van der Waals surface area contributed by atoms with Crippen LogP contribution in [-0.4, -0.2) is 40.6 Å². The Morgan fingerprint density at radius 3 is 2.45 bits per heavy atom. The number of hydrogen-bond donors (Lipinski definition) is 1. The summed E-state index contributed by atoms with van der Waals surface area (Å²) in [5, 5.41) is 0. The zero-order valence-corrected chi connectivity index (χ0v) is 11.8. The van der Waals surface area contributed by atoms with Gasteiger partial charge in [0.05, 0.1) is 0 Å². The maximum atomic E-state index is 5.92. The van der Waals surface area contributed by atoms with Crippen molar-refractivity contribution in [1.29, 1.82) is 0 Å². The lowest BCUT2D eigenvalue weighted by Gasteiger charge is -2.24. The molecule has 4 rings (SSSR count). The summed E-state index contributed by atoms with van der Waals surface area (Å²) in [5.41, 5.74) is 5.92. The monoisotopic (exact) mass is 274 g/mol. The van der Waals surface area contributed by atoms with Gasteiger partial charge in [-0.05, 0) is 44.4 Å². The Labute approximate surface area is 119 Å². The van der Waals surface area contributed by atoms with Crippen LogP contribution in [0.15, 0.2) is 0 Å². The number of nitrogens with zero attached hydrogens (tertiary/aromatic N) is 5. The Hall–Kier alpha value is -1.59. The van der Waals surface area contributed by atoms with Crippen molar-refractivity contribution in [3.05, 3.63) is 0 Å². The summed E-state index contributed by atoms with van der Waals surface area (Å²) in [5.74, 6) is 2.77. The second-order valence-corrected chi connectivity index (χ2v) is 6.31. The molecule has 2 saturated carbocycles. The molecule has 2 N–H and O–H groups in total. The highest BCUT2D eigenvalue weighted by Gasteiger charge is 2.35. The van der Waals surface area contributed by atoms with Gasteiger partial charge in [0, 0.05) is 25.7 Å². The van der Waals surface area contributed by atoms with Gasteiger partial charge in [-0.25, -0.2) is 0 Å². The van der Waals surface area contributed by atoms with Gasteiger partial charge in [0.1, 0.15) is 0 Å². The third-order valence-corrected chi connectivity index (χ3v) is 4.41. The van der Waals surface area contributed by atoms with Gasteiger partial charge < -0.3 is 15.5 Å². The van der Waals surface area contributed by atoms with Gasteiger partial charge in [-0.15, -0.1) is 0 Å². The van der Waals surface area contributed by atoms with Crippen LogP contribution in [0.25, 0.3) is 0 Å². The Bertz CT molecular complexity index is 490. The lowest BCUT2D eigenvalue weighted by atomic mass is 10.3. The molecule has 6 nitrogen and oxygen atoms in total. The summed E-state index contributed by atoms with van der Waals surface area (Å²) in [7, 11) is 0. The van der Waals surface area contributed by atoms with Gasteiger partial charge in [-0.1, -0.05) is 0 Å². The Morgan fingerprint density at radius 1 is 1.05 bits per heavy atom. The third kappa shape index (κ3) is 2.51. The van der Waals surface area contributed by atoms with Crippen LogP contribution >= 0.6 is 0 Å². The van der Waals surface area contributed by atoms with Gasteiger partial charge >= 0.3 is 0 Å². The second kappa shape index (κ2) is 4.75. The summed E-state index contributed by atoms with van der Waals surface area (Å²) >= 11 is 0. The highest BCUT2D eigenvalue weighted by Crippen LogP contribution is 2.37. The van der Waals surface area contributed by atoms with E-state index in [9.17, 15) is 0 Å². The van der Waals surface area contributed by atoms with E-state index in [1.807, 2.05) is 0 Å². The molecular weight excluding hydrogens is 252 g/mol. The molecule has 0 bridgehead atoms.